The Balaban J connectivity index is 4.05. The Morgan fingerprint density at radius 1 is 1.73 bits per heavy atom. The van der Waals surface area contributed by atoms with Crippen LogP contribution in [0.3, 0.4) is 0 Å². The van der Waals surface area contributed by atoms with Crippen LogP contribution in [0.15, 0.2) is 0 Å². The normalized spacial score (nSPS) is 18.5. The zero-order valence-electron chi connectivity index (χ0n) is 6.18. The van der Waals surface area contributed by atoms with E-state index in [1.165, 1.54) is 6.92 Å². The second-order valence-corrected chi connectivity index (χ2v) is 3.33. The second-order valence-electron chi connectivity index (χ2n) is 1.85. The van der Waals surface area contributed by atoms with Crippen molar-refractivity contribution in [1.29, 1.82) is 0 Å². The molecule has 0 spiro atoms. The molecule has 0 aliphatic carbocycles. The fourth-order valence-electron chi connectivity index (χ4n) is 0.234. The van der Waals surface area contributed by atoms with Crippen LogP contribution in [0.4, 0.5) is 0 Å². The van der Waals surface area contributed by atoms with E-state index in [-0.39, 0.29) is 0 Å². The summed E-state index contributed by atoms with van der Waals surface area (Å²) in [6, 6.07) is -0.939. The molecule has 0 aromatic heterocycles. The van der Waals surface area contributed by atoms with Gasteiger partial charge in [0.1, 0.15) is 6.04 Å². The molecule has 0 aromatic rings. The predicted octanol–water partition coefficient (Wildman–Crippen LogP) is -0.376. The summed E-state index contributed by atoms with van der Waals surface area (Å²) in [6.45, 7) is 1.33. The highest BCUT2D eigenvalue weighted by atomic mass is 31.2. The smallest absolute Gasteiger partial charge is 0.369 e. The van der Waals surface area contributed by atoms with Crippen LogP contribution in [-0.2, 0) is 18.4 Å². The molecule has 0 heterocycles. The standard InChI is InChI=1S/C4H10NO5P/c1-3(5)4(6)10-11(7,8)9-2/h3H,5H2,1-2H3,(H,7,8). The molecule has 66 valence electrons. The van der Waals surface area contributed by atoms with Gasteiger partial charge in [-0.2, -0.15) is 0 Å². The Morgan fingerprint density at radius 3 is 2.45 bits per heavy atom. The van der Waals surface area contributed by atoms with Crippen molar-refractivity contribution in [2.24, 2.45) is 5.73 Å². The Bertz CT molecular complexity index is 191. The molecule has 0 radical (unpaired) electrons. The van der Waals surface area contributed by atoms with E-state index in [0.717, 1.165) is 7.11 Å². The Labute approximate surface area is 63.9 Å². The number of phosphoric ester groups is 1. The van der Waals surface area contributed by atoms with Crippen molar-refractivity contribution in [2.45, 2.75) is 13.0 Å². The molecule has 6 nitrogen and oxygen atoms in total. The van der Waals surface area contributed by atoms with Crippen LogP contribution in [-0.4, -0.2) is 24.0 Å². The molecule has 0 fully saturated rings. The molecule has 0 aliphatic rings. The number of hydrogen-bond acceptors (Lipinski definition) is 5. The minimum atomic E-state index is -4.21. The number of phosphoric acid groups is 1. The molecule has 7 heteroatoms. The summed E-state index contributed by atoms with van der Waals surface area (Å²) in [7, 11) is -3.26. The van der Waals surface area contributed by atoms with E-state index in [2.05, 4.69) is 9.05 Å². The van der Waals surface area contributed by atoms with Gasteiger partial charge in [0.25, 0.3) is 0 Å². The lowest BCUT2D eigenvalue weighted by Gasteiger charge is -2.09. The minimum Gasteiger partial charge on any atom is -0.369 e. The summed E-state index contributed by atoms with van der Waals surface area (Å²) >= 11 is 0. The summed E-state index contributed by atoms with van der Waals surface area (Å²) < 4.78 is 18.5. The van der Waals surface area contributed by atoms with Gasteiger partial charge in [-0.1, -0.05) is 0 Å². The Morgan fingerprint density at radius 2 is 2.18 bits per heavy atom. The molecule has 2 unspecified atom stereocenters. The first kappa shape index (κ1) is 10.6. The van der Waals surface area contributed by atoms with Crippen LogP contribution in [0, 0.1) is 0 Å². The lowest BCUT2D eigenvalue weighted by atomic mass is 10.4. The van der Waals surface area contributed by atoms with Crippen molar-refractivity contribution >= 4 is 13.8 Å². The van der Waals surface area contributed by atoms with E-state index in [1.54, 1.807) is 0 Å². The Kier molecular flexibility index (Phi) is 3.68. The molecular weight excluding hydrogens is 173 g/mol. The molecule has 3 N–H and O–H groups in total. The number of carbonyl (C=O) groups is 1. The average molecular weight is 183 g/mol. The van der Waals surface area contributed by atoms with Gasteiger partial charge >= 0.3 is 13.8 Å². The molecule has 0 rings (SSSR count). The topological polar surface area (TPSA) is 98.9 Å². The number of nitrogens with two attached hydrogens (primary N) is 1. The van der Waals surface area contributed by atoms with E-state index in [1.807, 2.05) is 0 Å². The van der Waals surface area contributed by atoms with Crippen molar-refractivity contribution in [3.63, 3.8) is 0 Å². The largest absolute Gasteiger partial charge is 0.529 e. The summed E-state index contributed by atoms with van der Waals surface area (Å²) in [5.74, 6) is -0.974. The first-order valence-electron chi connectivity index (χ1n) is 2.76. The number of hydrogen-bond donors (Lipinski definition) is 2. The van der Waals surface area contributed by atoms with Gasteiger partial charge in [-0.25, -0.2) is 9.36 Å². The maximum atomic E-state index is 10.6. The molecule has 0 bridgehead atoms. The van der Waals surface area contributed by atoms with Crippen LogP contribution in [0.2, 0.25) is 0 Å². The van der Waals surface area contributed by atoms with E-state index in [9.17, 15) is 9.36 Å². The summed E-state index contributed by atoms with van der Waals surface area (Å²) in [5.41, 5.74) is 5.04. The highest BCUT2D eigenvalue weighted by molar-refractivity contribution is 7.48. The molecule has 0 saturated heterocycles. The molecule has 0 amide bonds. The molecule has 0 aromatic carbocycles. The van der Waals surface area contributed by atoms with Gasteiger partial charge in [0, 0.05) is 7.11 Å². The monoisotopic (exact) mass is 183 g/mol. The van der Waals surface area contributed by atoms with Crippen molar-refractivity contribution in [3.8, 4) is 0 Å². The van der Waals surface area contributed by atoms with Crippen LogP contribution in [0.25, 0.3) is 0 Å². The van der Waals surface area contributed by atoms with Gasteiger partial charge < -0.3 is 10.3 Å². The molecule has 2 atom stereocenters. The van der Waals surface area contributed by atoms with E-state index >= 15 is 0 Å². The lowest BCUT2D eigenvalue weighted by Crippen LogP contribution is -2.28. The maximum Gasteiger partial charge on any atom is 0.529 e. The predicted molar refractivity (Wildman–Crippen MR) is 36.6 cm³/mol. The number of rotatable bonds is 3. The summed E-state index contributed by atoms with van der Waals surface area (Å²) in [6.07, 6.45) is 0. The van der Waals surface area contributed by atoms with Crippen LogP contribution in [0.1, 0.15) is 6.92 Å². The van der Waals surface area contributed by atoms with Gasteiger partial charge in [-0.3, -0.25) is 9.42 Å². The van der Waals surface area contributed by atoms with Gasteiger partial charge in [-0.05, 0) is 6.92 Å². The molecular formula is C4H10NO5P. The zero-order valence-corrected chi connectivity index (χ0v) is 7.08. The first-order valence-corrected chi connectivity index (χ1v) is 4.26. The molecule has 0 aliphatic heterocycles. The van der Waals surface area contributed by atoms with E-state index in [4.69, 9.17) is 10.6 Å². The van der Waals surface area contributed by atoms with E-state index in [0.29, 0.717) is 0 Å². The molecule has 0 saturated carbocycles. The van der Waals surface area contributed by atoms with Gasteiger partial charge in [-0.15, -0.1) is 0 Å². The maximum absolute atomic E-state index is 10.6. The van der Waals surface area contributed by atoms with Crippen LogP contribution in [0.5, 0.6) is 0 Å². The highest BCUT2D eigenvalue weighted by Gasteiger charge is 2.25. The third kappa shape index (κ3) is 4.10. The van der Waals surface area contributed by atoms with Gasteiger partial charge in [0.15, 0.2) is 0 Å². The highest BCUT2D eigenvalue weighted by Crippen LogP contribution is 2.42. The quantitative estimate of drug-likeness (QED) is 0.579. The average Bonchev–Trinajstić information content (AvgIpc) is 1.87. The van der Waals surface area contributed by atoms with Gasteiger partial charge in [0.2, 0.25) is 0 Å². The van der Waals surface area contributed by atoms with Crippen molar-refractivity contribution < 1.29 is 23.3 Å². The minimum absolute atomic E-state index is 0.939. The second kappa shape index (κ2) is 3.82. The Hall–Kier alpha value is -0.420. The van der Waals surface area contributed by atoms with Crippen LogP contribution < -0.4 is 5.73 Å². The van der Waals surface area contributed by atoms with Gasteiger partial charge in [0.05, 0.1) is 0 Å². The lowest BCUT2D eigenvalue weighted by molar-refractivity contribution is -0.136. The van der Waals surface area contributed by atoms with Crippen molar-refractivity contribution in [2.75, 3.05) is 7.11 Å². The summed E-state index contributed by atoms with van der Waals surface area (Å²) in [5, 5.41) is 0. The zero-order chi connectivity index (χ0) is 9.07. The van der Waals surface area contributed by atoms with Crippen molar-refractivity contribution in [3.05, 3.63) is 0 Å². The van der Waals surface area contributed by atoms with Crippen molar-refractivity contribution in [1.82, 2.24) is 0 Å². The third-order valence-electron chi connectivity index (χ3n) is 0.808. The summed E-state index contributed by atoms with van der Waals surface area (Å²) in [4.78, 5) is 19.1. The van der Waals surface area contributed by atoms with Crippen LogP contribution >= 0.6 is 7.82 Å². The fraction of sp³-hybridized carbons (Fsp3) is 0.750. The first-order chi connectivity index (χ1) is 4.89. The number of carbonyl (C=O) groups excluding carboxylic acids is 1. The van der Waals surface area contributed by atoms with E-state index < -0.39 is 19.8 Å². The SMILES string of the molecule is COP(=O)(O)OC(=O)C(C)N. The molecule has 11 heavy (non-hydrogen) atoms. The third-order valence-corrected chi connectivity index (χ3v) is 1.68. The fourth-order valence-corrected chi connectivity index (χ4v) is 0.702.